The highest BCUT2D eigenvalue weighted by Crippen LogP contribution is 1.98. The van der Waals surface area contributed by atoms with E-state index < -0.39 is 0 Å². The molecule has 2 heterocycles. The Labute approximate surface area is 88.5 Å². The third-order valence-electron chi connectivity index (χ3n) is 2.30. The Balaban J connectivity index is 1.70. The van der Waals surface area contributed by atoms with Crippen LogP contribution in [0.2, 0.25) is 0 Å². The molecule has 0 aliphatic rings. The van der Waals surface area contributed by atoms with Crippen molar-refractivity contribution in [1.29, 1.82) is 0 Å². The summed E-state index contributed by atoms with van der Waals surface area (Å²) in [6.07, 6.45) is 5.47. The molecule has 2 rings (SSSR count). The topological polar surface area (TPSA) is 58.5 Å². The van der Waals surface area contributed by atoms with E-state index in [0.29, 0.717) is 0 Å². The first-order chi connectivity index (χ1) is 7.36. The van der Waals surface area contributed by atoms with Gasteiger partial charge in [-0.2, -0.15) is 5.10 Å². The average molecular weight is 205 g/mol. The van der Waals surface area contributed by atoms with Crippen molar-refractivity contribution >= 4 is 0 Å². The minimum Gasteiger partial charge on any atom is -0.348 e. The van der Waals surface area contributed by atoms with Crippen molar-refractivity contribution < 1.29 is 0 Å². The lowest BCUT2D eigenvalue weighted by Gasteiger charge is -2.03. The fourth-order valence-corrected chi connectivity index (χ4v) is 1.40. The Morgan fingerprint density at radius 3 is 3.13 bits per heavy atom. The van der Waals surface area contributed by atoms with Crippen molar-refractivity contribution in [1.82, 2.24) is 25.1 Å². The zero-order valence-electron chi connectivity index (χ0n) is 8.77. The molecular formula is C10H15N5. The highest BCUT2D eigenvalue weighted by atomic mass is 15.3. The first-order valence-corrected chi connectivity index (χ1v) is 5.03. The highest BCUT2D eigenvalue weighted by Gasteiger charge is 1.99. The Bertz CT molecular complexity index is 390. The fourth-order valence-electron chi connectivity index (χ4n) is 1.40. The molecule has 0 bridgehead atoms. The number of nitrogens with zero attached hydrogens (tertiary/aromatic N) is 3. The zero-order chi connectivity index (χ0) is 10.5. The highest BCUT2D eigenvalue weighted by molar-refractivity contribution is 5.07. The number of imidazole rings is 1. The van der Waals surface area contributed by atoms with Crippen molar-refractivity contribution in [3.05, 3.63) is 36.2 Å². The predicted molar refractivity (Wildman–Crippen MR) is 57.3 cm³/mol. The summed E-state index contributed by atoms with van der Waals surface area (Å²) in [5.41, 5.74) is 2.21. The van der Waals surface area contributed by atoms with Gasteiger partial charge in [0.2, 0.25) is 0 Å². The molecule has 0 aromatic carbocycles. The first kappa shape index (κ1) is 9.92. The van der Waals surface area contributed by atoms with Crippen LogP contribution in [0, 0.1) is 6.92 Å². The van der Waals surface area contributed by atoms with Crippen molar-refractivity contribution in [3.63, 3.8) is 0 Å². The second-order valence-corrected chi connectivity index (χ2v) is 3.42. The van der Waals surface area contributed by atoms with Gasteiger partial charge in [-0.1, -0.05) is 0 Å². The number of aromatic nitrogens is 4. The monoisotopic (exact) mass is 205 g/mol. The Hall–Kier alpha value is -1.62. The standard InChI is InChI=1S/C10H15N5/c1-9-10(13-8-12-9)7-11-4-6-15-5-2-3-14-15/h2-3,5,8,11H,4,6-7H2,1H3,(H,12,13). The maximum absolute atomic E-state index is 4.21. The van der Waals surface area contributed by atoms with Crippen LogP contribution in [0.4, 0.5) is 0 Å². The molecule has 80 valence electrons. The number of hydrogen-bond donors (Lipinski definition) is 2. The largest absolute Gasteiger partial charge is 0.348 e. The maximum atomic E-state index is 4.21. The Morgan fingerprint density at radius 1 is 1.53 bits per heavy atom. The van der Waals surface area contributed by atoms with Crippen LogP contribution in [0.15, 0.2) is 24.8 Å². The Kier molecular flexibility index (Phi) is 3.14. The fraction of sp³-hybridized carbons (Fsp3) is 0.400. The van der Waals surface area contributed by atoms with Crippen molar-refractivity contribution in [2.75, 3.05) is 6.54 Å². The van der Waals surface area contributed by atoms with Crippen LogP contribution in [-0.4, -0.2) is 26.3 Å². The summed E-state index contributed by atoms with van der Waals surface area (Å²) in [5, 5.41) is 7.45. The van der Waals surface area contributed by atoms with Crippen molar-refractivity contribution in [2.45, 2.75) is 20.0 Å². The molecule has 15 heavy (non-hydrogen) atoms. The SMILES string of the molecule is Cc1[nH]cnc1CNCCn1cccn1. The number of rotatable bonds is 5. The van der Waals surface area contributed by atoms with E-state index in [-0.39, 0.29) is 0 Å². The predicted octanol–water partition coefficient (Wildman–Crippen LogP) is 0.704. The third-order valence-corrected chi connectivity index (χ3v) is 2.30. The molecular weight excluding hydrogens is 190 g/mol. The van der Waals surface area contributed by atoms with Gasteiger partial charge in [0, 0.05) is 31.2 Å². The molecule has 0 saturated heterocycles. The molecule has 0 radical (unpaired) electrons. The lowest BCUT2D eigenvalue weighted by Crippen LogP contribution is -2.20. The smallest absolute Gasteiger partial charge is 0.0925 e. The van der Waals surface area contributed by atoms with Crippen LogP contribution in [0.1, 0.15) is 11.4 Å². The number of hydrogen-bond acceptors (Lipinski definition) is 3. The number of aryl methyl sites for hydroxylation is 1. The van der Waals surface area contributed by atoms with Gasteiger partial charge in [0.15, 0.2) is 0 Å². The molecule has 0 fully saturated rings. The van der Waals surface area contributed by atoms with Gasteiger partial charge >= 0.3 is 0 Å². The van der Waals surface area contributed by atoms with Crippen LogP contribution in [0.5, 0.6) is 0 Å². The average Bonchev–Trinajstić information content (AvgIpc) is 2.85. The van der Waals surface area contributed by atoms with E-state index in [4.69, 9.17) is 0 Å². The van der Waals surface area contributed by atoms with E-state index in [9.17, 15) is 0 Å². The lowest BCUT2D eigenvalue weighted by molar-refractivity contribution is 0.551. The molecule has 0 saturated carbocycles. The normalized spacial score (nSPS) is 10.7. The molecule has 2 aromatic heterocycles. The second-order valence-electron chi connectivity index (χ2n) is 3.42. The summed E-state index contributed by atoms with van der Waals surface area (Å²) in [5.74, 6) is 0. The zero-order valence-corrected chi connectivity index (χ0v) is 8.77. The summed E-state index contributed by atoms with van der Waals surface area (Å²) in [4.78, 5) is 7.26. The summed E-state index contributed by atoms with van der Waals surface area (Å²) in [6.45, 7) is 4.61. The van der Waals surface area contributed by atoms with Crippen LogP contribution in [-0.2, 0) is 13.1 Å². The van der Waals surface area contributed by atoms with Gasteiger partial charge in [0.1, 0.15) is 0 Å². The van der Waals surface area contributed by atoms with Gasteiger partial charge < -0.3 is 10.3 Å². The van der Waals surface area contributed by atoms with Gasteiger partial charge in [0.05, 0.1) is 18.6 Å². The van der Waals surface area contributed by atoms with E-state index in [1.165, 1.54) is 0 Å². The summed E-state index contributed by atoms with van der Waals surface area (Å²) in [7, 11) is 0. The lowest BCUT2D eigenvalue weighted by atomic mass is 10.3. The van der Waals surface area contributed by atoms with Gasteiger partial charge in [-0.15, -0.1) is 0 Å². The molecule has 0 atom stereocenters. The molecule has 2 N–H and O–H groups in total. The summed E-state index contributed by atoms with van der Waals surface area (Å²) >= 11 is 0. The molecule has 0 aliphatic carbocycles. The van der Waals surface area contributed by atoms with Crippen molar-refractivity contribution in [2.24, 2.45) is 0 Å². The van der Waals surface area contributed by atoms with Crippen LogP contribution in [0.3, 0.4) is 0 Å². The van der Waals surface area contributed by atoms with E-state index in [1.807, 2.05) is 23.9 Å². The molecule has 2 aromatic rings. The van der Waals surface area contributed by atoms with E-state index >= 15 is 0 Å². The Morgan fingerprint density at radius 2 is 2.47 bits per heavy atom. The van der Waals surface area contributed by atoms with Crippen LogP contribution in [0.25, 0.3) is 0 Å². The quantitative estimate of drug-likeness (QED) is 0.707. The number of H-pyrrole nitrogens is 1. The molecule has 5 nitrogen and oxygen atoms in total. The van der Waals surface area contributed by atoms with E-state index in [0.717, 1.165) is 31.0 Å². The number of aromatic amines is 1. The molecule has 0 spiro atoms. The molecule has 5 heteroatoms. The maximum Gasteiger partial charge on any atom is 0.0925 e. The minimum atomic E-state index is 0.802. The van der Waals surface area contributed by atoms with Gasteiger partial charge in [-0.05, 0) is 13.0 Å². The molecule has 0 unspecified atom stereocenters. The van der Waals surface area contributed by atoms with E-state index in [1.54, 1.807) is 12.5 Å². The molecule has 0 amide bonds. The van der Waals surface area contributed by atoms with Crippen LogP contribution >= 0.6 is 0 Å². The van der Waals surface area contributed by atoms with Crippen molar-refractivity contribution in [3.8, 4) is 0 Å². The second kappa shape index (κ2) is 4.75. The van der Waals surface area contributed by atoms with Gasteiger partial charge in [0.25, 0.3) is 0 Å². The summed E-state index contributed by atoms with van der Waals surface area (Å²) in [6, 6.07) is 1.93. The first-order valence-electron chi connectivity index (χ1n) is 5.03. The third kappa shape index (κ3) is 2.66. The van der Waals surface area contributed by atoms with Crippen LogP contribution < -0.4 is 5.32 Å². The minimum absolute atomic E-state index is 0.802. The van der Waals surface area contributed by atoms with Gasteiger partial charge in [-0.25, -0.2) is 4.98 Å². The van der Waals surface area contributed by atoms with Gasteiger partial charge in [-0.3, -0.25) is 4.68 Å². The summed E-state index contributed by atoms with van der Waals surface area (Å²) < 4.78 is 1.91. The molecule has 0 aliphatic heterocycles. The van der Waals surface area contributed by atoms with E-state index in [2.05, 4.69) is 20.4 Å². The number of nitrogens with one attached hydrogen (secondary N) is 2.